The zero-order valence-electron chi connectivity index (χ0n) is 10.9. The largest absolute Gasteiger partial charge is 0.312 e. The molecule has 0 aliphatic rings. The van der Waals surface area contributed by atoms with E-state index >= 15 is 0 Å². The number of nitrogens with zero attached hydrogens (tertiary/aromatic N) is 1. The first-order valence-corrected chi connectivity index (χ1v) is 7.84. The SMILES string of the molecule is CNC(CSc1nccs1)c1ccc(C)cc1C. The van der Waals surface area contributed by atoms with E-state index in [0.717, 1.165) is 10.1 Å². The van der Waals surface area contributed by atoms with Crippen molar-refractivity contribution in [1.82, 2.24) is 10.3 Å². The van der Waals surface area contributed by atoms with Crippen molar-refractivity contribution in [3.8, 4) is 0 Å². The molecule has 1 unspecified atom stereocenters. The molecular weight excluding hydrogens is 260 g/mol. The molecule has 2 aromatic rings. The monoisotopic (exact) mass is 278 g/mol. The van der Waals surface area contributed by atoms with E-state index in [0.29, 0.717) is 6.04 Å². The van der Waals surface area contributed by atoms with Crippen molar-refractivity contribution < 1.29 is 0 Å². The molecule has 1 atom stereocenters. The summed E-state index contributed by atoms with van der Waals surface area (Å²) in [5.41, 5.74) is 4.06. The van der Waals surface area contributed by atoms with Crippen LogP contribution in [0, 0.1) is 13.8 Å². The van der Waals surface area contributed by atoms with Gasteiger partial charge in [-0.3, -0.25) is 0 Å². The first-order chi connectivity index (χ1) is 8.70. The highest BCUT2D eigenvalue weighted by Crippen LogP contribution is 2.27. The summed E-state index contributed by atoms with van der Waals surface area (Å²) in [4.78, 5) is 4.31. The summed E-state index contributed by atoms with van der Waals surface area (Å²) in [6.45, 7) is 4.32. The van der Waals surface area contributed by atoms with Gasteiger partial charge in [-0.2, -0.15) is 0 Å². The lowest BCUT2D eigenvalue weighted by molar-refractivity contribution is 0.657. The minimum Gasteiger partial charge on any atom is -0.312 e. The minimum atomic E-state index is 0.375. The van der Waals surface area contributed by atoms with Gasteiger partial charge in [-0.25, -0.2) is 4.98 Å². The summed E-state index contributed by atoms with van der Waals surface area (Å²) in [6.07, 6.45) is 1.86. The van der Waals surface area contributed by atoms with E-state index in [-0.39, 0.29) is 0 Å². The molecule has 0 aliphatic heterocycles. The molecule has 18 heavy (non-hydrogen) atoms. The molecular formula is C14H18N2S2. The minimum absolute atomic E-state index is 0.375. The first-order valence-electron chi connectivity index (χ1n) is 5.97. The molecule has 1 aromatic carbocycles. The summed E-state index contributed by atoms with van der Waals surface area (Å²) in [6, 6.07) is 7.03. The maximum Gasteiger partial charge on any atom is 0.149 e. The molecule has 4 heteroatoms. The van der Waals surface area contributed by atoms with Gasteiger partial charge in [-0.05, 0) is 32.0 Å². The number of nitrogens with one attached hydrogen (secondary N) is 1. The molecule has 1 aromatic heterocycles. The molecule has 2 nitrogen and oxygen atoms in total. The van der Waals surface area contributed by atoms with Gasteiger partial charge in [0.15, 0.2) is 0 Å². The summed E-state index contributed by atoms with van der Waals surface area (Å²) < 4.78 is 1.14. The third-order valence-corrected chi connectivity index (χ3v) is 4.99. The Morgan fingerprint density at radius 1 is 1.39 bits per heavy atom. The van der Waals surface area contributed by atoms with Crippen molar-refractivity contribution >= 4 is 23.1 Å². The van der Waals surface area contributed by atoms with Gasteiger partial charge < -0.3 is 5.32 Å². The van der Waals surface area contributed by atoms with Crippen LogP contribution in [0.1, 0.15) is 22.7 Å². The van der Waals surface area contributed by atoms with Crippen LogP contribution in [0.3, 0.4) is 0 Å². The van der Waals surface area contributed by atoms with Gasteiger partial charge in [-0.15, -0.1) is 11.3 Å². The third kappa shape index (κ3) is 3.34. The number of hydrogen-bond donors (Lipinski definition) is 1. The van der Waals surface area contributed by atoms with Crippen LogP contribution in [0.15, 0.2) is 34.1 Å². The van der Waals surface area contributed by atoms with Crippen molar-refractivity contribution in [1.29, 1.82) is 0 Å². The normalized spacial score (nSPS) is 12.6. The number of benzene rings is 1. The van der Waals surface area contributed by atoms with Crippen LogP contribution in [0.2, 0.25) is 0 Å². The number of thiazole rings is 1. The predicted octanol–water partition coefficient (Wildman–Crippen LogP) is 3.81. The van der Waals surface area contributed by atoms with Crippen LogP contribution < -0.4 is 5.32 Å². The molecule has 0 aliphatic carbocycles. The van der Waals surface area contributed by atoms with E-state index in [4.69, 9.17) is 0 Å². The van der Waals surface area contributed by atoms with Crippen molar-refractivity contribution in [2.24, 2.45) is 0 Å². The number of hydrogen-bond acceptors (Lipinski definition) is 4. The van der Waals surface area contributed by atoms with Gasteiger partial charge in [0.05, 0.1) is 0 Å². The fraction of sp³-hybridized carbons (Fsp3) is 0.357. The van der Waals surface area contributed by atoms with E-state index in [2.05, 4.69) is 42.3 Å². The lowest BCUT2D eigenvalue weighted by Crippen LogP contribution is -2.19. The highest BCUT2D eigenvalue weighted by Gasteiger charge is 2.12. The van der Waals surface area contributed by atoms with Gasteiger partial charge >= 0.3 is 0 Å². The fourth-order valence-corrected chi connectivity index (χ4v) is 3.78. The molecule has 2 rings (SSSR count). The van der Waals surface area contributed by atoms with Crippen molar-refractivity contribution in [3.05, 3.63) is 46.5 Å². The second kappa shape index (κ2) is 6.36. The highest BCUT2D eigenvalue weighted by atomic mass is 32.2. The van der Waals surface area contributed by atoms with E-state index in [1.54, 1.807) is 11.3 Å². The van der Waals surface area contributed by atoms with Crippen LogP contribution in [0.5, 0.6) is 0 Å². The number of thioether (sulfide) groups is 1. The lowest BCUT2D eigenvalue weighted by Gasteiger charge is -2.18. The van der Waals surface area contributed by atoms with E-state index in [9.17, 15) is 0 Å². The van der Waals surface area contributed by atoms with Crippen LogP contribution in [-0.2, 0) is 0 Å². The Labute approximate surface area is 117 Å². The fourth-order valence-electron chi connectivity index (χ4n) is 1.98. The second-order valence-electron chi connectivity index (χ2n) is 4.31. The summed E-state index contributed by atoms with van der Waals surface area (Å²) in [7, 11) is 2.02. The quantitative estimate of drug-likeness (QED) is 0.842. The zero-order chi connectivity index (χ0) is 13.0. The van der Waals surface area contributed by atoms with Crippen LogP contribution in [0.4, 0.5) is 0 Å². The van der Waals surface area contributed by atoms with Gasteiger partial charge in [0, 0.05) is 23.4 Å². The standard InChI is InChI=1S/C14H18N2S2/c1-10-4-5-12(11(2)8-10)13(15-3)9-18-14-16-6-7-17-14/h4-8,13,15H,9H2,1-3H3. The predicted molar refractivity (Wildman–Crippen MR) is 80.6 cm³/mol. The Morgan fingerprint density at radius 3 is 2.83 bits per heavy atom. The molecule has 0 bridgehead atoms. The lowest BCUT2D eigenvalue weighted by atomic mass is 10.0. The summed E-state index contributed by atoms with van der Waals surface area (Å²) in [5.74, 6) is 1.01. The van der Waals surface area contributed by atoms with Crippen molar-refractivity contribution in [2.45, 2.75) is 24.2 Å². The molecule has 1 heterocycles. The summed E-state index contributed by atoms with van der Waals surface area (Å²) >= 11 is 3.51. The molecule has 0 saturated carbocycles. The first kappa shape index (κ1) is 13.6. The Bertz CT molecular complexity index is 495. The van der Waals surface area contributed by atoms with Gasteiger partial charge in [0.2, 0.25) is 0 Å². The molecule has 0 radical (unpaired) electrons. The molecule has 96 valence electrons. The number of rotatable bonds is 5. The Morgan fingerprint density at radius 2 is 2.22 bits per heavy atom. The van der Waals surface area contributed by atoms with E-state index < -0.39 is 0 Å². The maximum absolute atomic E-state index is 4.31. The van der Waals surface area contributed by atoms with Crippen molar-refractivity contribution in [3.63, 3.8) is 0 Å². The maximum atomic E-state index is 4.31. The Kier molecular flexibility index (Phi) is 4.80. The summed E-state index contributed by atoms with van der Waals surface area (Å²) in [5, 5.41) is 5.42. The molecule has 0 amide bonds. The molecule has 0 fully saturated rings. The Hall–Kier alpha value is -0.840. The average Bonchev–Trinajstić information content (AvgIpc) is 2.85. The van der Waals surface area contributed by atoms with Crippen LogP contribution in [0.25, 0.3) is 0 Å². The second-order valence-corrected chi connectivity index (χ2v) is 6.47. The third-order valence-electron chi connectivity index (χ3n) is 2.93. The molecule has 0 saturated heterocycles. The van der Waals surface area contributed by atoms with Crippen molar-refractivity contribution in [2.75, 3.05) is 12.8 Å². The molecule has 1 N–H and O–H groups in total. The molecule has 0 spiro atoms. The van der Waals surface area contributed by atoms with E-state index in [1.807, 2.05) is 30.4 Å². The number of aromatic nitrogens is 1. The van der Waals surface area contributed by atoms with E-state index in [1.165, 1.54) is 16.7 Å². The Balaban J connectivity index is 2.08. The van der Waals surface area contributed by atoms with Gasteiger partial charge in [0.25, 0.3) is 0 Å². The van der Waals surface area contributed by atoms with Gasteiger partial charge in [-0.1, -0.05) is 35.5 Å². The highest BCUT2D eigenvalue weighted by molar-refractivity contribution is 8.01. The van der Waals surface area contributed by atoms with Crippen LogP contribution >= 0.6 is 23.1 Å². The average molecular weight is 278 g/mol. The zero-order valence-corrected chi connectivity index (χ0v) is 12.6. The van der Waals surface area contributed by atoms with Crippen LogP contribution in [-0.4, -0.2) is 17.8 Å². The van der Waals surface area contributed by atoms with Gasteiger partial charge in [0.1, 0.15) is 4.34 Å². The topological polar surface area (TPSA) is 24.9 Å². The number of aryl methyl sites for hydroxylation is 2. The smallest absolute Gasteiger partial charge is 0.149 e.